The van der Waals surface area contributed by atoms with Gasteiger partial charge < -0.3 is 19.1 Å². The Labute approximate surface area is 152 Å². The van der Waals surface area contributed by atoms with E-state index in [-0.39, 0.29) is 11.5 Å². The molecular weight excluding hydrogens is 330 g/mol. The van der Waals surface area contributed by atoms with Crippen molar-refractivity contribution in [2.45, 2.75) is 26.4 Å². The second-order valence-electron chi connectivity index (χ2n) is 6.20. The van der Waals surface area contributed by atoms with Gasteiger partial charge in [-0.3, -0.25) is 4.79 Å². The van der Waals surface area contributed by atoms with Gasteiger partial charge in [-0.1, -0.05) is 43.7 Å². The Bertz CT molecular complexity index is 948. The number of ether oxygens (including phenoxy) is 2. The van der Waals surface area contributed by atoms with Crippen LogP contribution in [0.15, 0.2) is 53.3 Å². The third kappa shape index (κ3) is 3.67. The van der Waals surface area contributed by atoms with Crippen LogP contribution >= 0.6 is 0 Å². The van der Waals surface area contributed by atoms with Crippen molar-refractivity contribution in [1.82, 2.24) is 4.57 Å². The lowest BCUT2D eigenvalue weighted by Gasteiger charge is -2.15. The molecule has 0 fully saturated rings. The van der Waals surface area contributed by atoms with E-state index in [9.17, 15) is 9.90 Å². The van der Waals surface area contributed by atoms with Gasteiger partial charge in [0.05, 0.1) is 12.1 Å². The summed E-state index contributed by atoms with van der Waals surface area (Å²) in [7, 11) is 1.63. The van der Waals surface area contributed by atoms with Gasteiger partial charge >= 0.3 is 0 Å². The van der Waals surface area contributed by atoms with E-state index in [1.165, 1.54) is 4.57 Å². The Balaban J connectivity index is 1.94. The third-order valence-electron chi connectivity index (χ3n) is 4.29. The molecule has 1 aromatic heterocycles. The predicted molar refractivity (Wildman–Crippen MR) is 102 cm³/mol. The number of nitrogens with zero attached hydrogens (tertiary/aromatic N) is 1. The van der Waals surface area contributed by atoms with Crippen molar-refractivity contribution < 1.29 is 14.6 Å². The van der Waals surface area contributed by atoms with Crippen LogP contribution in [0.4, 0.5) is 0 Å². The van der Waals surface area contributed by atoms with E-state index < -0.39 is 5.56 Å². The van der Waals surface area contributed by atoms with E-state index in [1.54, 1.807) is 13.1 Å². The summed E-state index contributed by atoms with van der Waals surface area (Å²) in [5.41, 5.74) is 1.24. The summed E-state index contributed by atoms with van der Waals surface area (Å²) in [6.07, 6.45) is 1.83. The van der Waals surface area contributed by atoms with E-state index in [0.717, 1.165) is 18.4 Å². The van der Waals surface area contributed by atoms with Crippen molar-refractivity contribution in [2.24, 2.45) is 7.05 Å². The number of unbranched alkanes of at least 4 members (excludes halogenated alkanes) is 1. The number of aromatic nitrogens is 1. The molecule has 0 saturated carbocycles. The molecule has 0 spiro atoms. The zero-order chi connectivity index (χ0) is 18.5. The molecule has 0 bridgehead atoms. The van der Waals surface area contributed by atoms with E-state index >= 15 is 0 Å². The van der Waals surface area contributed by atoms with Gasteiger partial charge in [0.15, 0.2) is 5.75 Å². The fourth-order valence-electron chi connectivity index (χ4n) is 2.77. The standard InChI is InChI=1S/C21H23NO4/c1-3-4-12-25-20-17-11-10-16(26-14-15-8-6-5-7-9-15)13-18(17)22(2)21(24)19(20)23/h5-11,13,23H,3-4,12,14H2,1-2H3. The Morgan fingerprint density at radius 3 is 2.58 bits per heavy atom. The zero-order valence-corrected chi connectivity index (χ0v) is 15.1. The number of rotatable bonds is 7. The van der Waals surface area contributed by atoms with Crippen LogP contribution in [-0.2, 0) is 13.7 Å². The molecule has 0 aliphatic carbocycles. The fourth-order valence-corrected chi connectivity index (χ4v) is 2.77. The molecule has 136 valence electrons. The molecule has 0 saturated heterocycles. The second kappa shape index (κ2) is 7.95. The molecule has 0 amide bonds. The van der Waals surface area contributed by atoms with Crippen LogP contribution in [0.3, 0.4) is 0 Å². The summed E-state index contributed by atoms with van der Waals surface area (Å²) in [6.45, 7) is 2.96. The molecule has 5 nitrogen and oxygen atoms in total. The Hall–Kier alpha value is -2.95. The van der Waals surface area contributed by atoms with E-state index in [1.807, 2.05) is 42.5 Å². The zero-order valence-electron chi connectivity index (χ0n) is 15.1. The summed E-state index contributed by atoms with van der Waals surface area (Å²) in [5, 5.41) is 10.9. The monoisotopic (exact) mass is 353 g/mol. The van der Waals surface area contributed by atoms with Gasteiger partial charge in [-0.15, -0.1) is 0 Å². The number of hydrogen-bond donors (Lipinski definition) is 1. The van der Waals surface area contributed by atoms with Gasteiger partial charge in [0.25, 0.3) is 5.56 Å². The highest BCUT2D eigenvalue weighted by molar-refractivity contribution is 5.88. The van der Waals surface area contributed by atoms with Crippen molar-refractivity contribution in [1.29, 1.82) is 0 Å². The van der Waals surface area contributed by atoms with Crippen LogP contribution in [0.2, 0.25) is 0 Å². The summed E-state index contributed by atoms with van der Waals surface area (Å²) >= 11 is 0. The molecule has 3 rings (SSSR count). The average molecular weight is 353 g/mol. The van der Waals surface area contributed by atoms with Gasteiger partial charge in [0, 0.05) is 18.5 Å². The van der Waals surface area contributed by atoms with Crippen molar-refractivity contribution >= 4 is 10.9 Å². The minimum atomic E-state index is -0.482. The molecule has 5 heteroatoms. The molecule has 26 heavy (non-hydrogen) atoms. The van der Waals surface area contributed by atoms with Gasteiger partial charge in [0.1, 0.15) is 12.4 Å². The highest BCUT2D eigenvalue weighted by atomic mass is 16.5. The first-order valence-corrected chi connectivity index (χ1v) is 8.77. The number of fused-ring (bicyclic) bond motifs is 1. The van der Waals surface area contributed by atoms with E-state index in [2.05, 4.69) is 6.92 Å². The molecule has 0 unspecified atom stereocenters. The van der Waals surface area contributed by atoms with Crippen LogP contribution in [0.1, 0.15) is 25.3 Å². The van der Waals surface area contributed by atoms with Crippen molar-refractivity contribution in [3.8, 4) is 17.2 Å². The molecule has 0 radical (unpaired) electrons. The quantitative estimate of drug-likeness (QED) is 0.652. The molecule has 1 N–H and O–H groups in total. The number of aromatic hydroxyl groups is 1. The highest BCUT2D eigenvalue weighted by Crippen LogP contribution is 2.33. The minimum Gasteiger partial charge on any atom is -0.500 e. The lowest BCUT2D eigenvalue weighted by atomic mass is 10.1. The first kappa shape index (κ1) is 17.9. The lowest BCUT2D eigenvalue weighted by molar-refractivity contribution is 0.294. The molecule has 1 heterocycles. The molecule has 0 aliphatic rings. The maximum absolute atomic E-state index is 12.3. The van der Waals surface area contributed by atoms with E-state index in [0.29, 0.717) is 29.9 Å². The molecule has 0 atom stereocenters. The van der Waals surface area contributed by atoms with Crippen LogP contribution in [0.25, 0.3) is 10.9 Å². The topological polar surface area (TPSA) is 60.7 Å². The number of hydrogen-bond acceptors (Lipinski definition) is 4. The van der Waals surface area contributed by atoms with Crippen molar-refractivity contribution in [3.05, 3.63) is 64.4 Å². The maximum Gasteiger partial charge on any atom is 0.296 e. The largest absolute Gasteiger partial charge is 0.500 e. The summed E-state index contributed by atoms with van der Waals surface area (Å²) in [6, 6.07) is 15.3. The third-order valence-corrected chi connectivity index (χ3v) is 4.29. The van der Waals surface area contributed by atoms with Crippen molar-refractivity contribution in [3.63, 3.8) is 0 Å². The second-order valence-corrected chi connectivity index (χ2v) is 6.20. The first-order valence-electron chi connectivity index (χ1n) is 8.77. The SMILES string of the molecule is CCCCOc1c(O)c(=O)n(C)c2cc(OCc3ccccc3)ccc12. The average Bonchev–Trinajstić information content (AvgIpc) is 2.68. The first-order chi connectivity index (χ1) is 12.6. The lowest BCUT2D eigenvalue weighted by Crippen LogP contribution is -2.18. The minimum absolute atomic E-state index is 0.242. The van der Waals surface area contributed by atoms with Gasteiger partial charge in [-0.25, -0.2) is 0 Å². The Kier molecular flexibility index (Phi) is 5.46. The van der Waals surface area contributed by atoms with Gasteiger partial charge in [-0.2, -0.15) is 0 Å². The highest BCUT2D eigenvalue weighted by Gasteiger charge is 2.16. The molecule has 2 aromatic carbocycles. The van der Waals surface area contributed by atoms with Crippen molar-refractivity contribution in [2.75, 3.05) is 6.61 Å². The number of pyridine rings is 1. The van der Waals surface area contributed by atoms with Crippen LogP contribution in [-0.4, -0.2) is 16.3 Å². The van der Waals surface area contributed by atoms with Gasteiger partial charge in [0.2, 0.25) is 5.75 Å². The van der Waals surface area contributed by atoms with Crippen LogP contribution < -0.4 is 15.0 Å². The van der Waals surface area contributed by atoms with E-state index in [4.69, 9.17) is 9.47 Å². The smallest absolute Gasteiger partial charge is 0.296 e. The number of aryl methyl sites for hydroxylation is 1. The summed E-state index contributed by atoms with van der Waals surface area (Å²) in [5.74, 6) is 0.543. The van der Waals surface area contributed by atoms with Crippen LogP contribution in [0, 0.1) is 0 Å². The maximum atomic E-state index is 12.3. The molecular formula is C21H23NO4. The fraction of sp³-hybridized carbons (Fsp3) is 0.286. The summed E-state index contributed by atoms with van der Waals surface area (Å²) in [4.78, 5) is 12.3. The number of benzene rings is 2. The Morgan fingerprint density at radius 2 is 1.85 bits per heavy atom. The van der Waals surface area contributed by atoms with Crippen LogP contribution in [0.5, 0.6) is 17.2 Å². The predicted octanol–water partition coefficient (Wildman–Crippen LogP) is 4.00. The normalized spacial score (nSPS) is 10.8. The van der Waals surface area contributed by atoms with Gasteiger partial charge in [-0.05, 0) is 24.1 Å². The molecule has 3 aromatic rings. The Morgan fingerprint density at radius 1 is 1.08 bits per heavy atom. The molecule has 0 aliphatic heterocycles. The summed E-state index contributed by atoms with van der Waals surface area (Å²) < 4.78 is 12.9.